The van der Waals surface area contributed by atoms with Crippen LogP contribution in [-0.2, 0) is 0 Å². The van der Waals surface area contributed by atoms with Gasteiger partial charge in [0.15, 0.2) is 0 Å². The number of para-hydroxylation sites is 3. The molecule has 0 aliphatic carbocycles. The monoisotopic (exact) mass is 410 g/mol. The molecule has 0 spiro atoms. The largest absolute Gasteiger partial charge is 0.654 e. The second-order valence-corrected chi connectivity index (χ2v) is 6.37. The molecule has 0 aliphatic heterocycles. The van der Waals surface area contributed by atoms with Gasteiger partial charge in [0.05, 0.1) is 5.75 Å². The Morgan fingerprint density at radius 2 is 1.03 bits per heavy atom. The van der Waals surface area contributed by atoms with E-state index >= 15 is 0 Å². The van der Waals surface area contributed by atoms with E-state index < -0.39 is 0 Å². The highest BCUT2D eigenvalue weighted by Crippen LogP contribution is 2.21. The molecule has 5 aromatic rings. The molecule has 5 nitrogen and oxygen atoms in total. The number of phenols is 2. The maximum Gasteiger partial charge on any atom is 0.482 e. The molecule has 0 aliphatic rings. The second kappa shape index (κ2) is 10.8. The van der Waals surface area contributed by atoms with Crippen molar-refractivity contribution in [3.8, 4) is 17.2 Å². The van der Waals surface area contributed by atoms with Crippen molar-refractivity contribution in [2.24, 2.45) is 0 Å². The van der Waals surface area contributed by atoms with Crippen molar-refractivity contribution in [1.29, 1.82) is 0 Å². The molecule has 0 saturated carbocycles. The van der Waals surface area contributed by atoms with Crippen LogP contribution in [0.15, 0.2) is 103 Å². The summed E-state index contributed by atoms with van der Waals surface area (Å²) in [4.78, 5) is 8.06. The van der Waals surface area contributed by atoms with Gasteiger partial charge < -0.3 is 14.0 Å². The number of aromatic nitrogens is 2. The fourth-order valence-corrected chi connectivity index (χ4v) is 2.83. The summed E-state index contributed by atoms with van der Waals surface area (Å²) in [6.07, 6.45) is 3.34. The number of fused-ring (bicyclic) bond motifs is 2. The van der Waals surface area contributed by atoms with Gasteiger partial charge in [-0.3, -0.25) is 9.97 Å². The van der Waals surface area contributed by atoms with Crippen LogP contribution in [0.5, 0.6) is 17.2 Å². The predicted molar refractivity (Wildman–Crippen MR) is 120 cm³/mol. The van der Waals surface area contributed by atoms with Crippen molar-refractivity contribution in [3.05, 3.63) is 103 Å². The maximum atomic E-state index is 9.31. The summed E-state index contributed by atoms with van der Waals surface area (Å²) < 4.78 is 4.83. The van der Waals surface area contributed by atoms with Crippen molar-refractivity contribution in [2.45, 2.75) is 0 Å². The van der Waals surface area contributed by atoms with E-state index in [4.69, 9.17) is 3.79 Å². The molecule has 2 radical (unpaired) electrons. The van der Waals surface area contributed by atoms with Crippen molar-refractivity contribution in [2.75, 3.05) is 0 Å². The van der Waals surface area contributed by atoms with Gasteiger partial charge in [-0.25, -0.2) is 0 Å². The molecule has 2 heterocycles. The molecule has 0 atom stereocenters. The maximum absolute atomic E-state index is 9.31. The van der Waals surface area contributed by atoms with Crippen LogP contribution >= 0.6 is 0 Å². The van der Waals surface area contributed by atoms with E-state index in [-0.39, 0.29) is 11.5 Å². The lowest BCUT2D eigenvalue weighted by atomic mass is 10.2. The first-order chi connectivity index (χ1) is 14.7. The van der Waals surface area contributed by atoms with Crippen LogP contribution in [-0.4, -0.2) is 36.8 Å². The van der Waals surface area contributed by atoms with Crippen LogP contribution < -0.4 is 3.79 Å². The number of benzene rings is 3. The molecular formula is C24H19AlN2O3. The molecule has 0 saturated heterocycles. The van der Waals surface area contributed by atoms with E-state index in [0.29, 0.717) is 11.0 Å². The van der Waals surface area contributed by atoms with E-state index in [1.165, 1.54) is 0 Å². The van der Waals surface area contributed by atoms with Gasteiger partial charge >= 0.3 is 16.6 Å². The molecule has 0 fully saturated rings. The zero-order chi connectivity index (χ0) is 21.2. The first-order valence-electron chi connectivity index (χ1n) is 9.16. The summed E-state index contributed by atoms with van der Waals surface area (Å²) in [5.41, 5.74) is 1.32. The molecule has 0 bridgehead atoms. The number of aromatic hydroxyl groups is 2. The third-order valence-electron chi connectivity index (χ3n) is 4.10. The minimum Gasteiger partial charge on any atom is -0.654 e. The van der Waals surface area contributed by atoms with Gasteiger partial charge in [-0.15, -0.1) is 0 Å². The van der Waals surface area contributed by atoms with Crippen molar-refractivity contribution in [1.82, 2.24) is 9.97 Å². The van der Waals surface area contributed by atoms with Crippen LogP contribution in [0.4, 0.5) is 0 Å². The number of nitrogens with zero attached hydrogens (tertiary/aromatic N) is 2. The Morgan fingerprint density at radius 3 is 1.43 bits per heavy atom. The lowest BCUT2D eigenvalue weighted by Crippen LogP contribution is -1.81. The predicted octanol–water partition coefficient (Wildman–Crippen LogP) is 5.03. The summed E-state index contributed by atoms with van der Waals surface area (Å²) >= 11 is 2.19. The lowest BCUT2D eigenvalue weighted by molar-refractivity contribution is 0.480. The number of rotatable bonds is 1. The zero-order valence-electron chi connectivity index (χ0n) is 16.1. The molecule has 5 rings (SSSR count). The molecule has 0 amide bonds. The van der Waals surface area contributed by atoms with Gasteiger partial charge in [0.1, 0.15) is 22.5 Å². The van der Waals surface area contributed by atoms with E-state index in [9.17, 15) is 10.2 Å². The number of phenolic OH excluding ortho intramolecular Hbond substituents is 2. The Kier molecular flexibility index (Phi) is 7.62. The summed E-state index contributed by atoms with van der Waals surface area (Å²) in [5, 5.41) is 20.5. The van der Waals surface area contributed by atoms with Gasteiger partial charge in [0.25, 0.3) is 0 Å². The van der Waals surface area contributed by atoms with Crippen LogP contribution in [0.2, 0.25) is 0 Å². The molecule has 2 aromatic heterocycles. The van der Waals surface area contributed by atoms with Gasteiger partial charge in [-0.2, -0.15) is 0 Å². The van der Waals surface area contributed by atoms with Gasteiger partial charge in [0.2, 0.25) is 0 Å². The van der Waals surface area contributed by atoms with Crippen molar-refractivity contribution < 1.29 is 14.0 Å². The Balaban J connectivity index is 0.000000130. The molecule has 6 heteroatoms. The smallest absolute Gasteiger partial charge is 0.482 e. The summed E-state index contributed by atoms with van der Waals surface area (Å²) in [6.45, 7) is 0. The average Bonchev–Trinajstić information content (AvgIpc) is 2.81. The van der Waals surface area contributed by atoms with E-state index in [2.05, 4.69) is 26.6 Å². The first-order valence-corrected chi connectivity index (χ1v) is 9.63. The minimum absolute atomic E-state index is 0.239. The highest BCUT2D eigenvalue weighted by atomic mass is 27.1. The topological polar surface area (TPSA) is 75.5 Å². The Morgan fingerprint density at radius 1 is 0.567 bits per heavy atom. The lowest BCUT2D eigenvalue weighted by Gasteiger charge is -1.97. The Labute approximate surface area is 183 Å². The molecule has 146 valence electrons. The van der Waals surface area contributed by atoms with Crippen LogP contribution in [0, 0.1) is 0 Å². The molecule has 2 N–H and O–H groups in total. The Hall–Kier alpha value is -3.59. The third kappa shape index (κ3) is 5.71. The van der Waals surface area contributed by atoms with E-state index in [1.54, 1.807) is 36.7 Å². The quantitative estimate of drug-likeness (QED) is 0.379. The van der Waals surface area contributed by atoms with E-state index in [1.807, 2.05) is 66.7 Å². The van der Waals surface area contributed by atoms with Crippen molar-refractivity contribution in [3.63, 3.8) is 0 Å². The molecule has 0 unspecified atom stereocenters. The third-order valence-corrected chi connectivity index (χ3v) is 4.37. The first kappa shape index (κ1) is 21.1. The van der Waals surface area contributed by atoms with Gasteiger partial charge in [-0.1, -0.05) is 54.6 Å². The fraction of sp³-hybridized carbons (Fsp3) is 0. The second-order valence-electron chi connectivity index (χ2n) is 6.14. The number of pyridine rings is 2. The normalized spacial score (nSPS) is 9.73. The van der Waals surface area contributed by atoms with Gasteiger partial charge in [0, 0.05) is 23.2 Å². The van der Waals surface area contributed by atoms with Crippen LogP contribution in [0.25, 0.3) is 21.8 Å². The summed E-state index contributed by atoms with van der Waals surface area (Å²) in [6, 6.07) is 27.9. The highest BCUT2D eigenvalue weighted by molar-refractivity contribution is 5.99. The fourth-order valence-electron chi connectivity index (χ4n) is 2.68. The molecule has 3 aromatic carbocycles. The minimum atomic E-state index is 0.239. The number of hydrogen-bond donors (Lipinski definition) is 2. The summed E-state index contributed by atoms with van der Waals surface area (Å²) in [7, 11) is 0. The van der Waals surface area contributed by atoms with Crippen LogP contribution in [0.1, 0.15) is 0 Å². The average molecular weight is 410 g/mol. The summed E-state index contributed by atoms with van der Waals surface area (Å²) in [5.74, 6) is 1.35. The van der Waals surface area contributed by atoms with Crippen LogP contribution in [0.3, 0.4) is 0 Å². The highest BCUT2D eigenvalue weighted by Gasteiger charge is 1.97. The zero-order valence-corrected chi connectivity index (χ0v) is 17.2. The SMILES string of the molecule is Oc1cccc2cccnc12.Oc1cccc2cccnc12.[Al][O]c1ccccc1. The molecule has 30 heavy (non-hydrogen) atoms. The van der Waals surface area contributed by atoms with Crippen molar-refractivity contribution >= 4 is 38.4 Å². The Bertz CT molecular complexity index is 1130. The standard InChI is InChI=1S/2C9H7NO.C6H6O.Al/c2*11-8-5-1-3-7-4-2-6-10-9(7)8;7-6-4-2-1-3-5-6;/h2*1-6,11H;1-5,7H;/q;;;+1/p-1. The number of hydrogen-bond acceptors (Lipinski definition) is 5. The van der Waals surface area contributed by atoms with Gasteiger partial charge in [-0.05, 0) is 36.4 Å². The molecular weight excluding hydrogens is 391 g/mol. The van der Waals surface area contributed by atoms with E-state index in [0.717, 1.165) is 16.5 Å².